The molecule has 2 nitrogen and oxygen atoms in total. The molecule has 0 saturated heterocycles. The lowest BCUT2D eigenvalue weighted by molar-refractivity contribution is 0.528. The Morgan fingerprint density at radius 1 is 1.15 bits per heavy atom. The molecule has 0 radical (unpaired) electrons. The zero-order valence-corrected chi connectivity index (χ0v) is 12.0. The van der Waals surface area contributed by atoms with Crippen molar-refractivity contribution in [3.63, 3.8) is 0 Å². The van der Waals surface area contributed by atoms with E-state index in [-0.39, 0.29) is 11.9 Å². The van der Waals surface area contributed by atoms with Crippen LogP contribution >= 0.6 is 11.3 Å². The monoisotopic (exact) mass is 286 g/mol. The van der Waals surface area contributed by atoms with Crippen LogP contribution in [-0.2, 0) is 6.54 Å². The fraction of sp³-hybridized carbons (Fsp3) is 0.188. The third-order valence-electron chi connectivity index (χ3n) is 3.27. The largest absolute Gasteiger partial charge is 0.304 e. The van der Waals surface area contributed by atoms with E-state index in [1.165, 1.54) is 10.8 Å². The van der Waals surface area contributed by atoms with Gasteiger partial charge >= 0.3 is 0 Å². The molecule has 0 spiro atoms. The minimum absolute atomic E-state index is 0.0387. The Morgan fingerprint density at radius 2 is 1.90 bits per heavy atom. The van der Waals surface area contributed by atoms with Crippen LogP contribution in [0.1, 0.15) is 23.5 Å². The summed E-state index contributed by atoms with van der Waals surface area (Å²) in [4.78, 5) is 4.56. The Labute approximate surface area is 121 Å². The first-order chi connectivity index (χ1) is 9.74. The maximum atomic E-state index is 13.7. The molecule has 1 N–H and O–H groups in total. The second-order valence-corrected chi connectivity index (χ2v) is 5.81. The van der Waals surface area contributed by atoms with Crippen LogP contribution in [0.15, 0.2) is 48.5 Å². The van der Waals surface area contributed by atoms with Gasteiger partial charge in [-0.3, -0.25) is 0 Å². The molecule has 0 aliphatic rings. The number of aromatic nitrogens is 1. The van der Waals surface area contributed by atoms with Gasteiger partial charge < -0.3 is 5.32 Å². The van der Waals surface area contributed by atoms with E-state index in [0.717, 1.165) is 10.5 Å². The van der Waals surface area contributed by atoms with Crippen LogP contribution in [-0.4, -0.2) is 4.98 Å². The van der Waals surface area contributed by atoms with Gasteiger partial charge in [0.05, 0.1) is 10.2 Å². The molecule has 1 atom stereocenters. The molecule has 2 aromatic carbocycles. The molecule has 0 aliphatic heterocycles. The van der Waals surface area contributed by atoms with E-state index in [1.807, 2.05) is 37.3 Å². The van der Waals surface area contributed by atoms with Crippen LogP contribution in [0, 0.1) is 5.82 Å². The van der Waals surface area contributed by atoms with Crippen molar-refractivity contribution in [1.82, 2.24) is 10.3 Å². The van der Waals surface area contributed by atoms with Gasteiger partial charge in [-0.15, -0.1) is 11.3 Å². The highest BCUT2D eigenvalue weighted by atomic mass is 32.1. The van der Waals surface area contributed by atoms with Crippen molar-refractivity contribution in [2.75, 3.05) is 0 Å². The van der Waals surface area contributed by atoms with Crippen molar-refractivity contribution in [3.05, 3.63) is 64.9 Å². The lowest BCUT2D eigenvalue weighted by atomic mass is 10.1. The summed E-state index contributed by atoms with van der Waals surface area (Å²) in [6, 6.07) is 14.9. The number of nitrogens with zero attached hydrogens (tertiary/aromatic N) is 1. The highest BCUT2D eigenvalue weighted by Gasteiger charge is 2.10. The maximum absolute atomic E-state index is 13.7. The highest BCUT2D eigenvalue weighted by Crippen LogP contribution is 2.22. The van der Waals surface area contributed by atoms with Gasteiger partial charge in [-0.05, 0) is 25.1 Å². The van der Waals surface area contributed by atoms with Gasteiger partial charge in [0.15, 0.2) is 0 Å². The van der Waals surface area contributed by atoms with Crippen LogP contribution < -0.4 is 5.32 Å². The van der Waals surface area contributed by atoms with Crippen molar-refractivity contribution in [2.45, 2.75) is 19.5 Å². The molecule has 3 rings (SSSR count). The highest BCUT2D eigenvalue weighted by molar-refractivity contribution is 7.18. The van der Waals surface area contributed by atoms with Gasteiger partial charge in [0.2, 0.25) is 0 Å². The lowest BCUT2D eigenvalue weighted by Gasteiger charge is -2.13. The normalized spacial score (nSPS) is 12.7. The Hall–Kier alpha value is -1.78. The van der Waals surface area contributed by atoms with Crippen LogP contribution in [0.2, 0.25) is 0 Å². The maximum Gasteiger partial charge on any atom is 0.127 e. The molecule has 0 amide bonds. The Balaban J connectivity index is 1.71. The molecule has 0 aliphatic carbocycles. The molecular formula is C16H15FN2S. The van der Waals surface area contributed by atoms with Gasteiger partial charge in [0.1, 0.15) is 10.8 Å². The number of thiazole rings is 1. The van der Waals surface area contributed by atoms with Gasteiger partial charge in [0, 0.05) is 18.2 Å². The van der Waals surface area contributed by atoms with Crippen molar-refractivity contribution in [1.29, 1.82) is 0 Å². The standard InChI is InChI=1S/C16H15FN2S/c1-11(12-6-2-3-7-13(12)17)18-10-16-19-14-8-4-5-9-15(14)20-16/h2-9,11,18H,10H2,1H3/t11-/m1/s1. The number of fused-ring (bicyclic) bond motifs is 1. The zero-order valence-electron chi connectivity index (χ0n) is 11.1. The fourth-order valence-electron chi connectivity index (χ4n) is 2.17. The van der Waals surface area contributed by atoms with Gasteiger partial charge in [0.25, 0.3) is 0 Å². The predicted octanol–water partition coefficient (Wildman–Crippen LogP) is 4.29. The number of hydrogen-bond donors (Lipinski definition) is 1. The molecular weight excluding hydrogens is 271 g/mol. The summed E-state index contributed by atoms with van der Waals surface area (Å²) >= 11 is 1.67. The number of hydrogen-bond acceptors (Lipinski definition) is 3. The molecule has 102 valence electrons. The van der Waals surface area contributed by atoms with E-state index < -0.39 is 0 Å². The van der Waals surface area contributed by atoms with Crippen molar-refractivity contribution in [2.24, 2.45) is 0 Å². The Kier molecular flexibility index (Phi) is 3.76. The van der Waals surface area contributed by atoms with Gasteiger partial charge in [-0.25, -0.2) is 9.37 Å². The summed E-state index contributed by atoms with van der Waals surface area (Å²) in [6.45, 7) is 2.61. The van der Waals surface area contributed by atoms with Crippen LogP contribution in [0.25, 0.3) is 10.2 Å². The molecule has 20 heavy (non-hydrogen) atoms. The second kappa shape index (κ2) is 5.69. The summed E-state index contributed by atoms with van der Waals surface area (Å²) in [5, 5.41) is 4.35. The number of halogens is 1. The molecule has 3 aromatic rings. The molecule has 0 fully saturated rings. The molecule has 0 unspecified atom stereocenters. The SMILES string of the molecule is C[C@@H](NCc1nc2ccccc2s1)c1ccccc1F. The zero-order chi connectivity index (χ0) is 13.9. The molecule has 1 aromatic heterocycles. The number of nitrogens with one attached hydrogen (secondary N) is 1. The summed E-state index contributed by atoms with van der Waals surface area (Å²) < 4.78 is 14.9. The minimum atomic E-state index is -0.170. The average Bonchev–Trinajstić information content (AvgIpc) is 2.88. The van der Waals surface area contributed by atoms with Gasteiger partial charge in [-0.1, -0.05) is 30.3 Å². The van der Waals surface area contributed by atoms with E-state index in [0.29, 0.717) is 12.1 Å². The van der Waals surface area contributed by atoms with Crippen LogP contribution in [0.3, 0.4) is 0 Å². The quantitative estimate of drug-likeness (QED) is 0.774. The Morgan fingerprint density at radius 3 is 2.70 bits per heavy atom. The molecule has 0 saturated carbocycles. The summed E-state index contributed by atoms with van der Waals surface area (Å²) in [6.07, 6.45) is 0. The number of rotatable bonds is 4. The molecule has 4 heteroatoms. The molecule has 0 bridgehead atoms. The van der Waals surface area contributed by atoms with Gasteiger partial charge in [-0.2, -0.15) is 0 Å². The van der Waals surface area contributed by atoms with Crippen molar-refractivity contribution >= 4 is 21.6 Å². The third-order valence-corrected chi connectivity index (χ3v) is 4.31. The first-order valence-corrected chi connectivity index (χ1v) is 7.38. The van der Waals surface area contributed by atoms with E-state index in [9.17, 15) is 4.39 Å². The van der Waals surface area contributed by atoms with Crippen LogP contribution in [0.5, 0.6) is 0 Å². The summed E-state index contributed by atoms with van der Waals surface area (Å²) in [7, 11) is 0. The third kappa shape index (κ3) is 2.71. The smallest absolute Gasteiger partial charge is 0.127 e. The van der Waals surface area contributed by atoms with Crippen molar-refractivity contribution in [3.8, 4) is 0 Å². The molecule has 1 heterocycles. The summed E-state index contributed by atoms with van der Waals surface area (Å²) in [5.74, 6) is -0.170. The predicted molar refractivity (Wildman–Crippen MR) is 81.3 cm³/mol. The average molecular weight is 286 g/mol. The topological polar surface area (TPSA) is 24.9 Å². The fourth-order valence-corrected chi connectivity index (χ4v) is 3.09. The Bertz CT molecular complexity index is 690. The first-order valence-electron chi connectivity index (χ1n) is 6.56. The van der Waals surface area contributed by atoms with Crippen LogP contribution in [0.4, 0.5) is 4.39 Å². The second-order valence-electron chi connectivity index (χ2n) is 4.70. The van der Waals surface area contributed by atoms with E-state index >= 15 is 0 Å². The summed E-state index contributed by atoms with van der Waals surface area (Å²) in [5.41, 5.74) is 1.71. The number of para-hydroxylation sites is 1. The first kappa shape index (κ1) is 13.2. The minimum Gasteiger partial charge on any atom is -0.304 e. The van der Waals surface area contributed by atoms with E-state index in [1.54, 1.807) is 17.4 Å². The van der Waals surface area contributed by atoms with E-state index in [4.69, 9.17) is 0 Å². The lowest BCUT2D eigenvalue weighted by Crippen LogP contribution is -2.18. The number of benzene rings is 2. The van der Waals surface area contributed by atoms with E-state index in [2.05, 4.69) is 16.4 Å². The van der Waals surface area contributed by atoms with Crippen molar-refractivity contribution < 1.29 is 4.39 Å².